The molecule has 3 aromatic rings. The Morgan fingerprint density at radius 1 is 0.929 bits per heavy atom. The largest absolute Gasteiger partial charge is 0.467 e. The molecule has 11 nitrogen and oxygen atoms in total. The predicted octanol–water partition coefficient (Wildman–Crippen LogP) is 2.03. The Hall–Kier alpha value is -3.65. The Morgan fingerprint density at radius 2 is 1.50 bits per heavy atom. The normalized spacial score (nSPS) is 22.8. The van der Waals surface area contributed by atoms with E-state index < -0.39 is 55.6 Å². The van der Waals surface area contributed by atoms with Gasteiger partial charge in [0.25, 0.3) is 8.32 Å². The number of carbonyl (C=O) groups excluding carboxylic acids is 1. The van der Waals surface area contributed by atoms with Crippen LogP contribution in [-0.4, -0.2) is 72.3 Å². The minimum absolute atomic E-state index is 0.0618. The highest BCUT2D eigenvalue weighted by Crippen LogP contribution is 2.38. The molecule has 3 aromatic carbocycles. The number of hydrogen-bond acceptors (Lipinski definition) is 10. The van der Waals surface area contributed by atoms with Crippen molar-refractivity contribution in [1.29, 1.82) is 0 Å². The van der Waals surface area contributed by atoms with Crippen LogP contribution in [-0.2, 0) is 25.3 Å². The van der Waals surface area contributed by atoms with E-state index in [9.17, 15) is 30.2 Å². The molecule has 0 radical (unpaired) electrons. The van der Waals surface area contributed by atoms with E-state index in [1.165, 1.54) is 12.1 Å². The van der Waals surface area contributed by atoms with Crippen LogP contribution in [0.25, 0.3) is 0 Å². The molecule has 5 atom stereocenters. The standard InChI is InChI=1S/C30H35NO10Si/c1-30(2,3)42(20-11-7-5-8-12-20,21-13-9-6-10-14-21)39-18-19-15-16-23(22(17-19)31(36)37)40-29-26(34)24(32)25(33)27(41-29)28(35)38-4/h5-17,24-27,29,32-34H,18H2,1-4H3/t24-,25-,26+,27-,29+/m0/s1. The molecule has 3 N–H and O–H groups in total. The molecule has 0 aliphatic carbocycles. The average molecular weight is 598 g/mol. The van der Waals surface area contributed by atoms with E-state index in [1.807, 2.05) is 60.7 Å². The van der Waals surface area contributed by atoms with Gasteiger partial charge in [-0.2, -0.15) is 0 Å². The number of nitro benzene ring substituents is 1. The van der Waals surface area contributed by atoms with Crippen LogP contribution in [0.1, 0.15) is 26.3 Å². The molecule has 4 rings (SSSR count). The molecule has 0 bridgehead atoms. The highest BCUT2D eigenvalue weighted by Gasteiger charge is 2.51. The second kappa shape index (κ2) is 12.7. The molecule has 0 spiro atoms. The van der Waals surface area contributed by atoms with E-state index in [0.717, 1.165) is 17.5 Å². The van der Waals surface area contributed by atoms with Crippen LogP contribution in [0.15, 0.2) is 78.9 Å². The molecular formula is C30H35NO10Si. The van der Waals surface area contributed by atoms with Gasteiger partial charge in [-0.1, -0.05) is 87.5 Å². The molecule has 224 valence electrons. The number of aliphatic hydroxyl groups excluding tert-OH is 3. The van der Waals surface area contributed by atoms with Crippen LogP contribution < -0.4 is 15.1 Å². The number of esters is 1. The third-order valence-corrected chi connectivity index (χ3v) is 12.3. The van der Waals surface area contributed by atoms with Gasteiger partial charge in [-0.3, -0.25) is 10.1 Å². The van der Waals surface area contributed by atoms with E-state index in [2.05, 4.69) is 25.5 Å². The Bertz CT molecular complexity index is 1340. The zero-order valence-electron chi connectivity index (χ0n) is 23.7. The van der Waals surface area contributed by atoms with Crippen molar-refractivity contribution in [3.63, 3.8) is 0 Å². The second-order valence-electron chi connectivity index (χ2n) is 11.0. The number of benzene rings is 3. The molecular weight excluding hydrogens is 562 g/mol. The first-order chi connectivity index (χ1) is 19.9. The van der Waals surface area contributed by atoms with Crippen molar-refractivity contribution in [2.45, 2.75) is 63.1 Å². The summed E-state index contributed by atoms with van der Waals surface area (Å²) in [5, 5.41) is 44.6. The van der Waals surface area contributed by atoms with Gasteiger partial charge in [0, 0.05) is 6.07 Å². The summed E-state index contributed by atoms with van der Waals surface area (Å²) in [5.41, 5.74) is 0.0691. The number of methoxy groups -OCH3 is 1. The van der Waals surface area contributed by atoms with Crippen molar-refractivity contribution in [2.24, 2.45) is 0 Å². The molecule has 1 aliphatic heterocycles. The number of nitro groups is 1. The average Bonchev–Trinajstić information content (AvgIpc) is 2.98. The quantitative estimate of drug-likeness (QED) is 0.144. The predicted molar refractivity (Wildman–Crippen MR) is 155 cm³/mol. The van der Waals surface area contributed by atoms with Crippen LogP contribution in [0.5, 0.6) is 5.75 Å². The van der Waals surface area contributed by atoms with Crippen LogP contribution >= 0.6 is 0 Å². The number of aliphatic hydroxyl groups is 3. The van der Waals surface area contributed by atoms with E-state index >= 15 is 0 Å². The van der Waals surface area contributed by atoms with Gasteiger partial charge in [-0.25, -0.2) is 4.79 Å². The first-order valence-corrected chi connectivity index (χ1v) is 15.3. The van der Waals surface area contributed by atoms with Crippen LogP contribution in [0, 0.1) is 10.1 Å². The third kappa shape index (κ3) is 6.09. The monoisotopic (exact) mass is 597 g/mol. The van der Waals surface area contributed by atoms with Crippen molar-refractivity contribution in [1.82, 2.24) is 0 Å². The first kappa shape index (κ1) is 31.3. The van der Waals surface area contributed by atoms with Crippen LogP contribution in [0.3, 0.4) is 0 Å². The van der Waals surface area contributed by atoms with Gasteiger partial charge >= 0.3 is 11.7 Å². The number of rotatable bonds is 9. The van der Waals surface area contributed by atoms with Crippen molar-refractivity contribution in [2.75, 3.05) is 7.11 Å². The van der Waals surface area contributed by atoms with Crippen molar-refractivity contribution in [3.05, 3.63) is 94.5 Å². The topological polar surface area (TPSA) is 158 Å². The number of carbonyl (C=O) groups is 1. The van der Waals surface area contributed by atoms with Crippen molar-refractivity contribution in [3.8, 4) is 5.75 Å². The highest BCUT2D eigenvalue weighted by atomic mass is 28.4. The highest BCUT2D eigenvalue weighted by molar-refractivity contribution is 6.99. The van der Waals surface area contributed by atoms with Gasteiger partial charge < -0.3 is 34.0 Å². The summed E-state index contributed by atoms with van der Waals surface area (Å²) in [6.07, 6.45) is -8.80. The molecule has 0 aromatic heterocycles. The molecule has 42 heavy (non-hydrogen) atoms. The molecule has 1 aliphatic rings. The van der Waals surface area contributed by atoms with Crippen molar-refractivity contribution >= 4 is 30.3 Å². The van der Waals surface area contributed by atoms with Gasteiger partial charge in [0.15, 0.2) is 11.9 Å². The lowest BCUT2D eigenvalue weighted by Gasteiger charge is -2.43. The molecule has 0 saturated carbocycles. The van der Waals surface area contributed by atoms with Crippen LogP contribution in [0.4, 0.5) is 5.69 Å². The summed E-state index contributed by atoms with van der Waals surface area (Å²) in [6, 6.07) is 24.2. The fourth-order valence-corrected chi connectivity index (χ4v) is 9.77. The van der Waals surface area contributed by atoms with E-state index in [1.54, 1.807) is 6.07 Å². The minimum Gasteiger partial charge on any atom is -0.467 e. The Labute approximate surface area is 244 Å². The smallest absolute Gasteiger partial charge is 0.337 e. The van der Waals surface area contributed by atoms with Crippen molar-refractivity contribution < 1.29 is 43.7 Å². The molecule has 0 unspecified atom stereocenters. The number of nitrogens with zero attached hydrogens (tertiary/aromatic N) is 1. The molecule has 12 heteroatoms. The Morgan fingerprint density at radius 3 is 2.00 bits per heavy atom. The fraction of sp³-hybridized carbons (Fsp3) is 0.367. The maximum absolute atomic E-state index is 12.1. The van der Waals surface area contributed by atoms with Gasteiger partial charge in [0.1, 0.15) is 18.3 Å². The zero-order valence-corrected chi connectivity index (χ0v) is 24.7. The Balaban J connectivity index is 1.65. The lowest BCUT2D eigenvalue weighted by Crippen LogP contribution is -2.66. The summed E-state index contributed by atoms with van der Waals surface area (Å²) in [5.74, 6) is -1.28. The summed E-state index contributed by atoms with van der Waals surface area (Å²) in [6.45, 7) is 6.44. The lowest BCUT2D eigenvalue weighted by atomic mass is 9.99. The van der Waals surface area contributed by atoms with Gasteiger partial charge in [-0.05, 0) is 27.0 Å². The third-order valence-electron chi connectivity index (χ3n) is 7.34. The minimum atomic E-state index is -2.92. The zero-order chi connectivity index (χ0) is 30.7. The molecule has 1 fully saturated rings. The van der Waals surface area contributed by atoms with Gasteiger partial charge in [0.2, 0.25) is 6.29 Å². The first-order valence-electron chi connectivity index (χ1n) is 13.4. The van der Waals surface area contributed by atoms with E-state index in [0.29, 0.717) is 5.56 Å². The Kier molecular flexibility index (Phi) is 9.46. The summed E-state index contributed by atoms with van der Waals surface area (Å²) >= 11 is 0. The van der Waals surface area contributed by atoms with E-state index in [4.69, 9.17) is 13.9 Å². The second-order valence-corrected chi connectivity index (χ2v) is 15.4. The van der Waals surface area contributed by atoms with Gasteiger partial charge in [-0.15, -0.1) is 0 Å². The van der Waals surface area contributed by atoms with Crippen LogP contribution in [0.2, 0.25) is 5.04 Å². The summed E-state index contributed by atoms with van der Waals surface area (Å²) < 4.78 is 22.3. The summed E-state index contributed by atoms with van der Waals surface area (Å²) in [4.78, 5) is 23.4. The summed E-state index contributed by atoms with van der Waals surface area (Å²) in [7, 11) is -1.86. The number of ether oxygens (including phenoxy) is 3. The maximum Gasteiger partial charge on any atom is 0.337 e. The van der Waals surface area contributed by atoms with Gasteiger partial charge in [0.05, 0.1) is 18.6 Å². The lowest BCUT2D eigenvalue weighted by molar-refractivity contribution is -0.387. The molecule has 0 amide bonds. The molecule has 1 saturated heterocycles. The maximum atomic E-state index is 12.1. The molecule has 1 heterocycles. The SMILES string of the molecule is COC(=O)[C@H]1O[C@@H](Oc2ccc(CO[Si](c3ccccc3)(c3ccccc3)C(C)(C)C)cc2[N+](=O)[O-])[C@H](O)[C@@H](O)[C@@H]1O. The van der Waals surface area contributed by atoms with E-state index in [-0.39, 0.29) is 17.4 Å². The number of hydrogen-bond donors (Lipinski definition) is 3. The fourth-order valence-electron chi connectivity index (χ4n) is 5.23.